The van der Waals surface area contributed by atoms with E-state index >= 15 is 0 Å². The van der Waals surface area contributed by atoms with Crippen LogP contribution in [-0.2, 0) is 4.79 Å². The van der Waals surface area contributed by atoms with Gasteiger partial charge in [0.25, 0.3) is 0 Å². The topological polar surface area (TPSA) is 50.8 Å². The van der Waals surface area contributed by atoms with Crippen molar-refractivity contribution in [3.63, 3.8) is 0 Å². The molecule has 0 radical (unpaired) electrons. The van der Waals surface area contributed by atoms with Crippen LogP contribution in [0.25, 0.3) is 0 Å². The number of methoxy groups -OCH3 is 2. The number of halogens is 1. The lowest BCUT2D eigenvalue weighted by molar-refractivity contribution is -0.123. The van der Waals surface area contributed by atoms with Crippen LogP contribution in [0.15, 0.2) is 42.5 Å². The highest BCUT2D eigenvalue weighted by Crippen LogP contribution is 2.29. The average Bonchev–Trinajstić information content (AvgIpc) is 2.66. The van der Waals surface area contributed by atoms with Crippen LogP contribution in [0.2, 0.25) is 5.02 Å². The van der Waals surface area contributed by atoms with Crippen LogP contribution in [0.4, 0.5) is 0 Å². The standard InChI is InChI=1S/C21H27ClN2O3/c1-14(19-12-18(26-4)9-10-20(19)27-5)23-21(25)13-24(3)15(2)16-7-6-8-17(22)11-16/h6-12,14-15H,13H2,1-5H3,(H,23,25). The molecule has 2 aromatic carbocycles. The van der Waals surface area contributed by atoms with E-state index in [1.165, 1.54) is 0 Å². The summed E-state index contributed by atoms with van der Waals surface area (Å²) in [6, 6.07) is 13.1. The van der Waals surface area contributed by atoms with Gasteiger partial charge in [-0.05, 0) is 56.8 Å². The molecule has 0 aliphatic heterocycles. The van der Waals surface area contributed by atoms with Crippen molar-refractivity contribution in [3.05, 3.63) is 58.6 Å². The Morgan fingerprint density at radius 3 is 2.52 bits per heavy atom. The first kappa shape index (κ1) is 21.1. The zero-order valence-corrected chi connectivity index (χ0v) is 17.2. The van der Waals surface area contributed by atoms with E-state index in [1.807, 2.05) is 68.3 Å². The predicted molar refractivity (Wildman–Crippen MR) is 109 cm³/mol. The van der Waals surface area contributed by atoms with Gasteiger partial charge in [0.15, 0.2) is 0 Å². The van der Waals surface area contributed by atoms with Gasteiger partial charge in [-0.1, -0.05) is 23.7 Å². The van der Waals surface area contributed by atoms with Crippen molar-refractivity contribution in [3.8, 4) is 11.5 Å². The minimum Gasteiger partial charge on any atom is -0.497 e. The number of carbonyl (C=O) groups excluding carboxylic acids is 1. The summed E-state index contributed by atoms with van der Waals surface area (Å²) in [5.74, 6) is 1.37. The number of benzene rings is 2. The van der Waals surface area contributed by atoms with Crippen LogP contribution >= 0.6 is 11.6 Å². The summed E-state index contributed by atoms with van der Waals surface area (Å²) in [6.07, 6.45) is 0. The highest BCUT2D eigenvalue weighted by molar-refractivity contribution is 6.30. The third kappa shape index (κ3) is 5.62. The van der Waals surface area contributed by atoms with Gasteiger partial charge < -0.3 is 14.8 Å². The third-order valence-corrected chi connectivity index (χ3v) is 4.90. The van der Waals surface area contributed by atoms with E-state index in [1.54, 1.807) is 14.2 Å². The van der Waals surface area contributed by atoms with Crippen LogP contribution in [0, 0.1) is 0 Å². The molecule has 2 aromatic rings. The first-order valence-electron chi connectivity index (χ1n) is 8.82. The van der Waals surface area contributed by atoms with Crippen LogP contribution in [0.1, 0.15) is 37.1 Å². The quantitative estimate of drug-likeness (QED) is 0.732. The van der Waals surface area contributed by atoms with Gasteiger partial charge >= 0.3 is 0 Å². The number of hydrogen-bond acceptors (Lipinski definition) is 4. The summed E-state index contributed by atoms with van der Waals surface area (Å²) in [6.45, 7) is 4.24. The molecule has 5 nitrogen and oxygen atoms in total. The summed E-state index contributed by atoms with van der Waals surface area (Å²) >= 11 is 6.07. The van der Waals surface area contributed by atoms with Gasteiger partial charge in [-0.15, -0.1) is 0 Å². The van der Waals surface area contributed by atoms with E-state index in [2.05, 4.69) is 5.32 Å². The first-order valence-corrected chi connectivity index (χ1v) is 9.20. The minimum absolute atomic E-state index is 0.0658. The predicted octanol–water partition coefficient (Wildman–Crippen LogP) is 4.23. The van der Waals surface area contributed by atoms with Crippen LogP contribution in [-0.4, -0.2) is 38.6 Å². The summed E-state index contributed by atoms with van der Waals surface area (Å²) < 4.78 is 10.7. The maximum absolute atomic E-state index is 12.5. The molecule has 0 saturated carbocycles. The molecule has 2 rings (SSSR count). The molecule has 1 amide bonds. The fraction of sp³-hybridized carbons (Fsp3) is 0.381. The van der Waals surface area contributed by atoms with Gasteiger partial charge in [0.1, 0.15) is 11.5 Å². The van der Waals surface area contributed by atoms with Gasteiger partial charge in [-0.3, -0.25) is 9.69 Å². The number of carbonyl (C=O) groups is 1. The molecule has 0 saturated heterocycles. The molecule has 0 spiro atoms. The Bertz CT molecular complexity index is 782. The fourth-order valence-electron chi connectivity index (χ4n) is 2.93. The minimum atomic E-state index is -0.211. The van der Waals surface area contributed by atoms with Gasteiger partial charge in [-0.2, -0.15) is 0 Å². The molecule has 0 heterocycles. The summed E-state index contributed by atoms with van der Waals surface area (Å²) in [5, 5.41) is 3.72. The van der Waals surface area contributed by atoms with Crippen LogP contribution < -0.4 is 14.8 Å². The van der Waals surface area contributed by atoms with Crippen molar-refractivity contribution >= 4 is 17.5 Å². The summed E-state index contributed by atoms with van der Waals surface area (Å²) in [5.41, 5.74) is 1.94. The second-order valence-corrected chi connectivity index (χ2v) is 6.98. The van der Waals surface area contributed by atoms with Gasteiger partial charge in [0, 0.05) is 16.6 Å². The van der Waals surface area contributed by atoms with Crippen molar-refractivity contribution < 1.29 is 14.3 Å². The second kappa shape index (κ2) is 9.62. The third-order valence-electron chi connectivity index (χ3n) is 4.67. The number of likely N-dealkylation sites (N-methyl/N-ethyl adjacent to an activating group) is 1. The SMILES string of the molecule is COc1ccc(OC)c(C(C)NC(=O)CN(C)C(C)c2cccc(Cl)c2)c1. The molecule has 146 valence electrons. The first-order chi connectivity index (χ1) is 12.8. The Labute approximate surface area is 166 Å². The molecule has 27 heavy (non-hydrogen) atoms. The van der Waals surface area contributed by atoms with Crippen molar-refractivity contribution in [2.45, 2.75) is 25.9 Å². The van der Waals surface area contributed by atoms with Crippen molar-refractivity contribution in [2.75, 3.05) is 27.8 Å². The van der Waals surface area contributed by atoms with Gasteiger partial charge in [0.05, 0.1) is 26.8 Å². The number of nitrogens with one attached hydrogen (secondary N) is 1. The highest BCUT2D eigenvalue weighted by atomic mass is 35.5. The Balaban J connectivity index is 2.02. The lowest BCUT2D eigenvalue weighted by Crippen LogP contribution is -2.37. The zero-order valence-electron chi connectivity index (χ0n) is 16.5. The maximum Gasteiger partial charge on any atom is 0.234 e. The van der Waals surface area contributed by atoms with Crippen LogP contribution in [0.3, 0.4) is 0 Å². The normalized spacial score (nSPS) is 13.1. The van der Waals surface area contributed by atoms with Crippen LogP contribution in [0.5, 0.6) is 11.5 Å². The molecule has 1 N–H and O–H groups in total. The van der Waals surface area contributed by atoms with Gasteiger partial charge in [-0.25, -0.2) is 0 Å². The van der Waals surface area contributed by atoms with E-state index in [4.69, 9.17) is 21.1 Å². The molecule has 0 aliphatic rings. The number of nitrogens with zero attached hydrogens (tertiary/aromatic N) is 1. The molecule has 0 aliphatic carbocycles. The lowest BCUT2D eigenvalue weighted by atomic mass is 10.1. The largest absolute Gasteiger partial charge is 0.497 e. The Morgan fingerprint density at radius 1 is 1.15 bits per heavy atom. The fourth-order valence-corrected chi connectivity index (χ4v) is 3.13. The molecule has 2 atom stereocenters. The molecule has 0 aromatic heterocycles. The Morgan fingerprint density at radius 2 is 1.89 bits per heavy atom. The van der Waals surface area contributed by atoms with E-state index in [0.717, 1.165) is 16.9 Å². The molecular weight excluding hydrogens is 364 g/mol. The van der Waals surface area contributed by atoms with Crippen molar-refractivity contribution in [1.82, 2.24) is 10.2 Å². The zero-order chi connectivity index (χ0) is 20.0. The smallest absolute Gasteiger partial charge is 0.234 e. The molecule has 0 bridgehead atoms. The van der Waals surface area contributed by atoms with Gasteiger partial charge in [0.2, 0.25) is 5.91 Å². The molecule has 6 heteroatoms. The molecule has 0 fully saturated rings. The maximum atomic E-state index is 12.5. The Hall–Kier alpha value is -2.24. The van der Waals surface area contributed by atoms with Crippen molar-refractivity contribution in [1.29, 1.82) is 0 Å². The van der Waals surface area contributed by atoms with Crippen molar-refractivity contribution in [2.24, 2.45) is 0 Å². The number of hydrogen-bond donors (Lipinski definition) is 1. The highest BCUT2D eigenvalue weighted by Gasteiger charge is 2.19. The number of ether oxygens (including phenoxy) is 2. The van der Waals surface area contributed by atoms with E-state index in [0.29, 0.717) is 10.8 Å². The summed E-state index contributed by atoms with van der Waals surface area (Å²) in [4.78, 5) is 14.5. The monoisotopic (exact) mass is 390 g/mol. The number of amides is 1. The van der Waals surface area contributed by atoms with E-state index < -0.39 is 0 Å². The van der Waals surface area contributed by atoms with E-state index in [-0.39, 0.29) is 24.5 Å². The lowest BCUT2D eigenvalue weighted by Gasteiger charge is -2.26. The molecule has 2 unspecified atom stereocenters. The number of rotatable bonds is 8. The summed E-state index contributed by atoms with van der Waals surface area (Å²) in [7, 11) is 5.14. The molecular formula is C21H27ClN2O3. The average molecular weight is 391 g/mol. The second-order valence-electron chi connectivity index (χ2n) is 6.54. The van der Waals surface area contributed by atoms with E-state index in [9.17, 15) is 4.79 Å². The Kier molecular flexibility index (Phi) is 7.51.